The summed E-state index contributed by atoms with van der Waals surface area (Å²) in [5, 5.41) is 3.56. The first-order valence-corrected chi connectivity index (χ1v) is 28.0. The Kier molecular flexibility index (Phi) is 17.4. The van der Waals surface area contributed by atoms with Crippen molar-refractivity contribution in [3.63, 3.8) is 0 Å². The second-order valence-corrected chi connectivity index (χ2v) is 25.1. The van der Waals surface area contributed by atoms with Crippen molar-refractivity contribution in [3.8, 4) is 0 Å². The number of esters is 1. The molecule has 22 nitrogen and oxygen atoms in total. The quantitative estimate of drug-likeness (QED) is 0.0560. The van der Waals surface area contributed by atoms with Crippen molar-refractivity contribution in [1.82, 2.24) is 41.8 Å². The van der Waals surface area contributed by atoms with Crippen molar-refractivity contribution in [2.45, 2.75) is 95.6 Å². The Morgan fingerprint density at radius 3 is 1.32 bits per heavy atom. The number of ether oxygens (including phenoxy) is 2. The number of carbonyl (C=O) groups excluding carboxylic acids is 2. The molecule has 0 radical (unpaired) electrons. The highest BCUT2D eigenvalue weighted by molar-refractivity contribution is 9.10. The Hall–Kier alpha value is -7.65. The molecule has 9 rings (SSSR count). The third-order valence-electron chi connectivity index (χ3n) is 10.4. The number of fused-ring (bicyclic) bond motifs is 3. The Morgan fingerprint density at radius 2 is 0.922 bits per heavy atom. The molecule has 26 heteroatoms. The molecule has 6 heterocycles. The van der Waals surface area contributed by atoms with Crippen molar-refractivity contribution in [3.05, 3.63) is 149 Å². The average molecular weight is 1170 g/mol. The number of anilines is 2. The van der Waals surface area contributed by atoms with Gasteiger partial charge in [-0.1, -0.05) is 60.5 Å². The Bertz CT molecular complexity index is 3950. The van der Waals surface area contributed by atoms with Crippen LogP contribution in [0, 0.1) is 20.8 Å². The Morgan fingerprint density at radius 1 is 0.558 bits per heavy atom. The number of hydrogen-bond donors (Lipinski definition) is 2. The van der Waals surface area contributed by atoms with Crippen molar-refractivity contribution < 1.29 is 44.3 Å². The van der Waals surface area contributed by atoms with E-state index in [-0.39, 0.29) is 51.3 Å². The summed E-state index contributed by atoms with van der Waals surface area (Å²) in [4.78, 5) is 49.6. The number of nitrogens with two attached hydrogens (primary N) is 1. The van der Waals surface area contributed by atoms with Gasteiger partial charge in [0.2, 0.25) is 0 Å². The van der Waals surface area contributed by atoms with E-state index in [9.17, 15) is 34.8 Å². The van der Waals surface area contributed by atoms with E-state index < -0.39 is 53.3 Å². The molecule has 0 fully saturated rings. The van der Waals surface area contributed by atoms with Gasteiger partial charge in [0.15, 0.2) is 22.8 Å². The first kappa shape index (κ1) is 58.6. The molecule has 0 bridgehead atoms. The van der Waals surface area contributed by atoms with E-state index in [0.717, 1.165) is 33.6 Å². The molecule has 406 valence electrons. The predicted octanol–water partition coefficient (Wildman–Crippen LogP) is 8.70. The zero-order valence-electron chi connectivity index (χ0n) is 42.6. The molecule has 9 aromatic rings. The standard InChI is InChI=1S/C19H22N4O4S.C18H21N5O4S.C13H10BrN3O2S.CH4/c1-13-5-7-14(8-6-13)28(25,26)23-10-9-15-18(23)21-11-16(22-15)20-12-17(24)27-19(2,3)4;1-12-5-7-13(8-6-12)28(25,26)22-10-9-14-16(22)20-11-15(21-14)23(19)17(24)27-18(2,3)4;1-9-2-4-10(5-3-9)20(18,19)17-7-6-11-13(17)15-8-12(14)16-11;/h5-11H,12H2,1-4H3,(H,20,22);5-11H,19H2,1-4H3;2-8H,1H3;1H4. The van der Waals surface area contributed by atoms with Gasteiger partial charge in [0, 0.05) is 18.6 Å². The molecule has 0 saturated carbocycles. The highest BCUT2D eigenvalue weighted by Gasteiger charge is 2.26. The number of nitrogens with one attached hydrogen (secondary N) is 1. The maximum Gasteiger partial charge on any atom is 0.430 e. The lowest BCUT2D eigenvalue weighted by molar-refractivity contribution is -0.152. The van der Waals surface area contributed by atoms with Gasteiger partial charge in [-0.05, 0) is 133 Å². The van der Waals surface area contributed by atoms with Crippen LogP contribution in [-0.4, -0.2) is 96.9 Å². The maximum absolute atomic E-state index is 12.9. The molecular formula is C51H57BrN12O10S3. The summed E-state index contributed by atoms with van der Waals surface area (Å²) >= 11 is 3.21. The number of carbonyl (C=O) groups is 2. The van der Waals surface area contributed by atoms with Crippen LogP contribution in [0.25, 0.3) is 33.5 Å². The van der Waals surface area contributed by atoms with Gasteiger partial charge >= 0.3 is 12.1 Å². The van der Waals surface area contributed by atoms with E-state index in [1.807, 2.05) is 20.8 Å². The number of amides is 1. The van der Waals surface area contributed by atoms with Gasteiger partial charge in [-0.15, -0.1) is 0 Å². The van der Waals surface area contributed by atoms with Gasteiger partial charge in [0.05, 0.1) is 33.3 Å². The first-order chi connectivity index (χ1) is 35.5. The molecule has 1 amide bonds. The number of hydrazine groups is 1. The van der Waals surface area contributed by atoms with Gasteiger partial charge in [-0.2, -0.15) is 5.01 Å². The summed E-state index contributed by atoms with van der Waals surface area (Å²) in [7, 11) is -11.3. The molecule has 0 aliphatic carbocycles. The van der Waals surface area contributed by atoms with Crippen LogP contribution in [-0.2, 0) is 44.3 Å². The van der Waals surface area contributed by atoms with Crippen molar-refractivity contribution >= 4 is 103 Å². The minimum absolute atomic E-state index is 0. The SMILES string of the molecule is C.Cc1ccc(S(=O)(=O)n2ccc3nc(Br)cnc32)cc1.Cc1ccc(S(=O)(=O)n2ccc3nc(N(N)C(=O)OC(C)(C)C)cnc32)cc1.Cc1ccc(S(=O)(=O)n2ccc3nc(NCC(=O)OC(C)(C)C)cnc32)cc1. The summed E-state index contributed by atoms with van der Waals surface area (Å²) in [6.45, 7) is 16.1. The summed E-state index contributed by atoms with van der Waals surface area (Å²) in [6, 6.07) is 24.5. The van der Waals surface area contributed by atoms with Gasteiger partial charge in [-0.25, -0.2) is 77.7 Å². The fraction of sp³-hybridized carbons (Fsp3) is 0.255. The molecule has 0 saturated heterocycles. The van der Waals surface area contributed by atoms with Crippen molar-refractivity contribution in [1.29, 1.82) is 0 Å². The van der Waals surface area contributed by atoms with Crippen molar-refractivity contribution in [2.75, 3.05) is 16.9 Å². The number of hydrogen-bond acceptors (Lipinski definition) is 18. The molecule has 0 unspecified atom stereocenters. The van der Waals surface area contributed by atoms with E-state index in [4.69, 9.17) is 15.3 Å². The highest BCUT2D eigenvalue weighted by atomic mass is 79.9. The van der Waals surface area contributed by atoms with Gasteiger partial charge in [0.25, 0.3) is 30.1 Å². The lowest BCUT2D eigenvalue weighted by Crippen LogP contribution is -2.42. The molecule has 0 aliphatic heterocycles. The van der Waals surface area contributed by atoms with E-state index in [0.29, 0.717) is 27.1 Å². The van der Waals surface area contributed by atoms with Crippen LogP contribution in [0.5, 0.6) is 0 Å². The van der Waals surface area contributed by atoms with E-state index in [1.54, 1.807) is 114 Å². The minimum Gasteiger partial charge on any atom is -0.459 e. The van der Waals surface area contributed by atoms with Gasteiger partial charge in [0.1, 0.15) is 44.7 Å². The van der Waals surface area contributed by atoms with Crippen LogP contribution in [0.4, 0.5) is 16.4 Å². The predicted molar refractivity (Wildman–Crippen MR) is 296 cm³/mol. The molecule has 77 heavy (non-hydrogen) atoms. The third kappa shape index (κ3) is 13.9. The number of rotatable bonds is 10. The van der Waals surface area contributed by atoms with Crippen LogP contribution in [0.15, 0.2) is 147 Å². The monoisotopic (exact) mass is 1170 g/mol. The topological polar surface area (TPSA) is 288 Å². The van der Waals surface area contributed by atoms with Gasteiger partial charge < -0.3 is 14.8 Å². The van der Waals surface area contributed by atoms with Crippen LogP contribution in [0.3, 0.4) is 0 Å². The fourth-order valence-corrected chi connectivity index (χ4v) is 11.0. The molecular weight excluding hydrogens is 1120 g/mol. The summed E-state index contributed by atoms with van der Waals surface area (Å²) in [6.07, 6.45) is 7.51. The number of aromatic nitrogens is 9. The molecule has 3 aromatic carbocycles. The lowest BCUT2D eigenvalue weighted by atomic mass is 10.2. The minimum atomic E-state index is -3.83. The highest BCUT2D eigenvalue weighted by Crippen LogP contribution is 2.25. The number of aryl methyl sites for hydroxylation is 3. The maximum atomic E-state index is 12.9. The van der Waals surface area contributed by atoms with Crippen molar-refractivity contribution in [2.24, 2.45) is 5.84 Å². The molecule has 0 spiro atoms. The molecule has 6 aromatic heterocycles. The molecule has 3 N–H and O–H groups in total. The largest absolute Gasteiger partial charge is 0.459 e. The average Bonchev–Trinajstić information content (AvgIpc) is 4.11. The van der Waals surface area contributed by atoms with Crippen LogP contribution in [0.1, 0.15) is 65.7 Å². The zero-order chi connectivity index (χ0) is 55.5. The summed E-state index contributed by atoms with van der Waals surface area (Å²) < 4.78 is 91.0. The third-order valence-corrected chi connectivity index (χ3v) is 15.9. The van der Waals surface area contributed by atoms with Crippen LogP contribution >= 0.6 is 15.9 Å². The second-order valence-electron chi connectivity index (χ2n) is 18.9. The Balaban J connectivity index is 0.000000189. The first-order valence-electron chi connectivity index (χ1n) is 22.9. The smallest absolute Gasteiger partial charge is 0.430 e. The Labute approximate surface area is 454 Å². The normalized spacial score (nSPS) is 11.9. The molecule has 0 aliphatic rings. The van der Waals surface area contributed by atoms with Crippen LogP contribution < -0.4 is 16.2 Å². The van der Waals surface area contributed by atoms with E-state index >= 15 is 0 Å². The lowest BCUT2D eigenvalue weighted by Gasteiger charge is -2.23. The second kappa shape index (κ2) is 22.9. The summed E-state index contributed by atoms with van der Waals surface area (Å²) in [5.41, 5.74) is 3.46. The van der Waals surface area contributed by atoms with E-state index in [1.165, 1.54) is 55.4 Å². The number of benzene rings is 3. The number of halogens is 1. The summed E-state index contributed by atoms with van der Waals surface area (Å²) in [5.74, 6) is 5.73. The number of nitrogens with zero attached hydrogens (tertiary/aromatic N) is 10. The van der Waals surface area contributed by atoms with E-state index in [2.05, 4.69) is 51.2 Å². The van der Waals surface area contributed by atoms with Gasteiger partial charge in [-0.3, -0.25) is 4.79 Å². The van der Waals surface area contributed by atoms with Crippen LogP contribution in [0.2, 0.25) is 0 Å². The fourth-order valence-electron chi connectivity index (χ4n) is 6.83. The molecule has 0 atom stereocenters. The zero-order valence-corrected chi connectivity index (χ0v) is 46.6.